The molecule has 1 aromatic carbocycles. The van der Waals surface area contributed by atoms with E-state index in [0.29, 0.717) is 19.7 Å². The number of ether oxygens (including phenoxy) is 1. The molecule has 8 nitrogen and oxygen atoms in total. The summed E-state index contributed by atoms with van der Waals surface area (Å²) in [4.78, 5) is 0.735. The van der Waals surface area contributed by atoms with Gasteiger partial charge in [0.15, 0.2) is 10.8 Å². The molecule has 3 heterocycles. The Kier molecular flexibility index (Phi) is 4.87. The van der Waals surface area contributed by atoms with Crippen LogP contribution < -0.4 is 4.74 Å². The van der Waals surface area contributed by atoms with Crippen molar-refractivity contribution in [2.45, 2.75) is 32.3 Å². The second-order valence-corrected chi connectivity index (χ2v) is 9.81. The highest BCUT2D eigenvalue weighted by atomic mass is 32.2. The van der Waals surface area contributed by atoms with Gasteiger partial charge in [-0.2, -0.15) is 9.61 Å². The van der Waals surface area contributed by atoms with Crippen LogP contribution in [-0.2, 0) is 16.6 Å². The van der Waals surface area contributed by atoms with E-state index in [9.17, 15) is 8.42 Å². The van der Waals surface area contributed by atoms with Crippen LogP contribution in [0.3, 0.4) is 0 Å². The molecule has 0 radical (unpaired) electrons. The van der Waals surface area contributed by atoms with Crippen molar-refractivity contribution in [1.29, 1.82) is 0 Å². The molecule has 1 aliphatic heterocycles. The third-order valence-electron chi connectivity index (χ3n) is 4.70. The summed E-state index contributed by atoms with van der Waals surface area (Å²) in [5.74, 6) is 1.77. The lowest BCUT2D eigenvalue weighted by molar-refractivity contribution is 0.301. The van der Waals surface area contributed by atoms with Crippen molar-refractivity contribution in [3.05, 3.63) is 40.7 Å². The fraction of sp³-hybridized carbons (Fsp3) is 0.471. The summed E-state index contributed by atoms with van der Waals surface area (Å²) >= 11 is 1.46. The Morgan fingerprint density at radius 3 is 2.74 bits per heavy atom. The Labute approximate surface area is 161 Å². The third-order valence-corrected chi connectivity index (χ3v) is 6.87. The van der Waals surface area contributed by atoms with Crippen LogP contribution in [0.25, 0.3) is 4.96 Å². The Hall–Kier alpha value is -2.04. The van der Waals surface area contributed by atoms with E-state index in [2.05, 4.69) is 15.3 Å². The molecule has 10 heteroatoms. The molecule has 144 valence electrons. The second kappa shape index (κ2) is 7.17. The van der Waals surface area contributed by atoms with Crippen LogP contribution in [-0.4, -0.2) is 51.9 Å². The van der Waals surface area contributed by atoms with Crippen LogP contribution in [0.1, 0.15) is 35.2 Å². The highest BCUT2D eigenvalue weighted by Crippen LogP contribution is 2.29. The first-order chi connectivity index (χ1) is 12.9. The van der Waals surface area contributed by atoms with Gasteiger partial charge in [-0.3, -0.25) is 0 Å². The molecule has 1 fully saturated rings. The number of sulfonamides is 1. The quantitative estimate of drug-likeness (QED) is 0.644. The zero-order chi connectivity index (χ0) is 19.0. The SMILES string of the molecule is Cc1cccc(OCc2nn3c(C4CCN(S(C)(=O)=O)CC4)nnc3s2)c1. The van der Waals surface area contributed by atoms with E-state index in [1.807, 2.05) is 31.2 Å². The Balaban J connectivity index is 1.46. The molecule has 0 amide bonds. The lowest BCUT2D eigenvalue weighted by Crippen LogP contribution is -2.37. The lowest BCUT2D eigenvalue weighted by atomic mass is 9.97. The largest absolute Gasteiger partial charge is 0.486 e. The summed E-state index contributed by atoms with van der Waals surface area (Å²) in [6.45, 7) is 3.42. The van der Waals surface area contributed by atoms with E-state index in [1.165, 1.54) is 21.9 Å². The summed E-state index contributed by atoms with van der Waals surface area (Å²) in [7, 11) is -3.13. The fourth-order valence-electron chi connectivity index (χ4n) is 3.28. The number of nitrogens with zero attached hydrogens (tertiary/aromatic N) is 5. The monoisotopic (exact) mass is 407 g/mol. The number of hydrogen-bond acceptors (Lipinski definition) is 7. The molecule has 0 aliphatic carbocycles. The summed E-state index contributed by atoms with van der Waals surface area (Å²) < 4.78 is 32.5. The zero-order valence-corrected chi connectivity index (χ0v) is 16.8. The molecule has 0 bridgehead atoms. The molecule has 0 spiro atoms. The summed E-state index contributed by atoms with van der Waals surface area (Å²) in [6, 6.07) is 7.90. The van der Waals surface area contributed by atoms with Gasteiger partial charge >= 0.3 is 0 Å². The third kappa shape index (κ3) is 3.97. The van der Waals surface area contributed by atoms with E-state index >= 15 is 0 Å². The van der Waals surface area contributed by atoms with Crippen molar-refractivity contribution in [1.82, 2.24) is 24.1 Å². The topological polar surface area (TPSA) is 89.7 Å². The fourth-order valence-corrected chi connectivity index (χ4v) is 4.91. The summed E-state index contributed by atoms with van der Waals surface area (Å²) in [5, 5.41) is 14.0. The lowest BCUT2D eigenvalue weighted by Gasteiger charge is -2.28. The van der Waals surface area contributed by atoms with Crippen molar-refractivity contribution >= 4 is 26.3 Å². The van der Waals surface area contributed by atoms with Gasteiger partial charge in [0.2, 0.25) is 15.0 Å². The van der Waals surface area contributed by atoms with Gasteiger partial charge in [-0.05, 0) is 37.5 Å². The second-order valence-electron chi connectivity index (χ2n) is 6.79. The average Bonchev–Trinajstić information content (AvgIpc) is 3.19. The molecule has 3 aromatic rings. The Morgan fingerprint density at radius 1 is 1.26 bits per heavy atom. The molecule has 2 aromatic heterocycles. The van der Waals surface area contributed by atoms with Crippen molar-refractivity contribution in [3.63, 3.8) is 0 Å². The van der Waals surface area contributed by atoms with E-state index in [-0.39, 0.29) is 5.92 Å². The minimum atomic E-state index is -3.13. The molecule has 0 N–H and O–H groups in total. The first kappa shape index (κ1) is 18.3. The molecule has 1 aliphatic rings. The van der Waals surface area contributed by atoms with Crippen LogP contribution in [0.2, 0.25) is 0 Å². The van der Waals surface area contributed by atoms with Gasteiger partial charge in [-0.15, -0.1) is 10.2 Å². The number of hydrogen-bond donors (Lipinski definition) is 0. The van der Waals surface area contributed by atoms with Gasteiger partial charge in [-0.25, -0.2) is 12.7 Å². The van der Waals surface area contributed by atoms with Crippen LogP contribution in [0.15, 0.2) is 24.3 Å². The highest BCUT2D eigenvalue weighted by Gasteiger charge is 2.29. The maximum Gasteiger partial charge on any atom is 0.234 e. The van der Waals surface area contributed by atoms with Crippen molar-refractivity contribution in [2.24, 2.45) is 0 Å². The molecule has 4 rings (SSSR count). The molecule has 27 heavy (non-hydrogen) atoms. The number of rotatable bonds is 5. The van der Waals surface area contributed by atoms with Crippen LogP contribution >= 0.6 is 11.3 Å². The predicted octanol–water partition coefficient (Wildman–Crippen LogP) is 2.21. The molecule has 0 unspecified atom stereocenters. The normalized spacial score (nSPS) is 16.8. The van der Waals surface area contributed by atoms with E-state index in [4.69, 9.17) is 4.74 Å². The summed E-state index contributed by atoms with van der Waals surface area (Å²) in [6.07, 6.45) is 2.70. The van der Waals surface area contributed by atoms with Crippen molar-refractivity contribution in [2.75, 3.05) is 19.3 Å². The molecular weight excluding hydrogens is 386 g/mol. The number of benzene rings is 1. The van der Waals surface area contributed by atoms with Gasteiger partial charge < -0.3 is 4.74 Å². The van der Waals surface area contributed by atoms with Crippen molar-refractivity contribution in [3.8, 4) is 5.75 Å². The number of fused-ring (bicyclic) bond motifs is 1. The van der Waals surface area contributed by atoms with Crippen molar-refractivity contribution < 1.29 is 13.2 Å². The van der Waals surface area contributed by atoms with Gasteiger partial charge in [0, 0.05) is 19.0 Å². The van der Waals surface area contributed by atoms with Gasteiger partial charge in [0.1, 0.15) is 12.4 Å². The van der Waals surface area contributed by atoms with Gasteiger partial charge in [0.25, 0.3) is 0 Å². The first-order valence-electron chi connectivity index (χ1n) is 8.76. The average molecular weight is 408 g/mol. The molecule has 1 saturated heterocycles. The minimum absolute atomic E-state index is 0.158. The Bertz CT molecular complexity index is 1050. The highest BCUT2D eigenvalue weighted by molar-refractivity contribution is 7.88. The minimum Gasteiger partial charge on any atom is -0.486 e. The number of aromatic nitrogens is 4. The molecule has 0 atom stereocenters. The van der Waals surface area contributed by atoms with Crippen LogP contribution in [0.4, 0.5) is 0 Å². The molecule has 0 saturated carbocycles. The first-order valence-corrected chi connectivity index (χ1v) is 11.4. The van der Waals surface area contributed by atoms with Gasteiger partial charge in [-0.1, -0.05) is 23.5 Å². The standard InChI is InChI=1S/C17H21N5O3S2/c1-12-4-3-5-14(10-12)25-11-15-20-22-16(18-19-17(22)26-15)13-6-8-21(9-7-13)27(2,23)24/h3-5,10,13H,6-9,11H2,1-2H3. The predicted molar refractivity (Wildman–Crippen MR) is 103 cm³/mol. The number of piperidine rings is 1. The van der Waals surface area contributed by atoms with E-state index < -0.39 is 10.0 Å². The maximum atomic E-state index is 11.7. The maximum absolute atomic E-state index is 11.7. The zero-order valence-electron chi connectivity index (χ0n) is 15.2. The number of aryl methyl sites for hydroxylation is 1. The van der Waals surface area contributed by atoms with E-state index in [1.54, 1.807) is 4.52 Å². The smallest absolute Gasteiger partial charge is 0.234 e. The van der Waals surface area contributed by atoms with Gasteiger partial charge in [0.05, 0.1) is 6.26 Å². The molecular formula is C17H21N5O3S2. The van der Waals surface area contributed by atoms with Crippen LogP contribution in [0, 0.1) is 6.92 Å². The summed E-state index contributed by atoms with van der Waals surface area (Å²) in [5.41, 5.74) is 1.15. The van der Waals surface area contributed by atoms with E-state index in [0.717, 1.165) is 39.9 Å². The van der Waals surface area contributed by atoms with Crippen LogP contribution in [0.5, 0.6) is 5.75 Å². The Morgan fingerprint density at radius 2 is 2.04 bits per heavy atom.